The predicted octanol–water partition coefficient (Wildman–Crippen LogP) is 3.03. The van der Waals surface area contributed by atoms with Gasteiger partial charge < -0.3 is 4.74 Å². The summed E-state index contributed by atoms with van der Waals surface area (Å²) in [6, 6.07) is 1.07. The van der Waals surface area contributed by atoms with Crippen LogP contribution in [0.15, 0.2) is 16.9 Å². The maximum atomic E-state index is 13.8. The number of H-pyrrole nitrogens is 1. The van der Waals surface area contributed by atoms with Crippen molar-refractivity contribution in [3.63, 3.8) is 0 Å². The molecule has 6 nitrogen and oxygen atoms in total. The number of hydrogen-bond donors (Lipinski definition) is 1. The highest BCUT2D eigenvalue weighted by molar-refractivity contribution is 5.80. The van der Waals surface area contributed by atoms with Crippen molar-refractivity contribution in [2.24, 2.45) is 0 Å². The summed E-state index contributed by atoms with van der Waals surface area (Å²) in [5, 5.41) is 4.02. The standard InChI is InChI=1S/C18H11F5N4O2/c1-2-3-29-16-24-15-12(8-4-10(19)13(21)11(20)5-8)14(9-6-18(22,23)7-9)26-27(15)17(28)25-16/h1,4-5,9H,3,6-7H2,(H,24,25,28). The van der Waals surface area contributed by atoms with Crippen molar-refractivity contribution in [2.45, 2.75) is 24.7 Å². The van der Waals surface area contributed by atoms with Gasteiger partial charge in [0.15, 0.2) is 29.7 Å². The molecule has 1 saturated carbocycles. The molecular weight excluding hydrogens is 399 g/mol. The fourth-order valence-corrected chi connectivity index (χ4v) is 3.23. The van der Waals surface area contributed by atoms with Gasteiger partial charge in [-0.25, -0.2) is 26.7 Å². The normalized spacial score (nSPS) is 15.9. The van der Waals surface area contributed by atoms with Crippen molar-refractivity contribution in [3.05, 3.63) is 45.8 Å². The second kappa shape index (κ2) is 6.58. The summed E-state index contributed by atoms with van der Waals surface area (Å²) in [5.41, 5.74) is -1.31. The SMILES string of the molecule is C#CCOc1nc2c(-c3cc(F)c(F)c(F)c3)c(C3CC(F)(F)C3)nn2c(=O)[nH]1. The number of hydrogen-bond acceptors (Lipinski definition) is 4. The van der Waals surface area contributed by atoms with Gasteiger partial charge in [0.1, 0.15) is 0 Å². The van der Waals surface area contributed by atoms with Gasteiger partial charge in [-0.3, -0.25) is 4.98 Å². The van der Waals surface area contributed by atoms with E-state index in [9.17, 15) is 26.7 Å². The minimum absolute atomic E-state index is 0.00608. The number of nitrogens with one attached hydrogen (secondary N) is 1. The minimum Gasteiger partial charge on any atom is -0.451 e. The van der Waals surface area contributed by atoms with Crippen LogP contribution in [0.4, 0.5) is 22.0 Å². The summed E-state index contributed by atoms with van der Waals surface area (Å²) in [6.07, 6.45) is 3.97. The van der Waals surface area contributed by atoms with E-state index in [4.69, 9.17) is 11.2 Å². The van der Waals surface area contributed by atoms with E-state index in [2.05, 4.69) is 21.0 Å². The molecule has 0 unspecified atom stereocenters. The first-order chi connectivity index (χ1) is 13.7. The summed E-state index contributed by atoms with van der Waals surface area (Å²) in [4.78, 5) is 18.6. The molecule has 29 heavy (non-hydrogen) atoms. The summed E-state index contributed by atoms with van der Waals surface area (Å²) >= 11 is 0. The van der Waals surface area contributed by atoms with Crippen molar-refractivity contribution in [1.82, 2.24) is 19.6 Å². The molecule has 2 aromatic heterocycles. The van der Waals surface area contributed by atoms with E-state index in [-0.39, 0.29) is 35.1 Å². The second-order valence-corrected chi connectivity index (χ2v) is 6.55. The molecule has 3 aromatic rings. The van der Waals surface area contributed by atoms with E-state index in [0.29, 0.717) is 12.1 Å². The average molecular weight is 410 g/mol. The molecule has 1 aromatic carbocycles. The van der Waals surface area contributed by atoms with Gasteiger partial charge in [0, 0.05) is 18.8 Å². The van der Waals surface area contributed by atoms with E-state index in [1.54, 1.807) is 0 Å². The molecule has 11 heteroatoms. The van der Waals surface area contributed by atoms with Crippen LogP contribution in [0, 0.1) is 29.8 Å². The van der Waals surface area contributed by atoms with E-state index in [1.165, 1.54) is 0 Å². The fraction of sp³-hybridized carbons (Fsp3) is 0.278. The van der Waals surface area contributed by atoms with Gasteiger partial charge in [-0.05, 0) is 17.7 Å². The van der Waals surface area contributed by atoms with Gasteiger partial charge in [-0.2, -0.15) is 14.6 Å². The molecule has 150 valence electrons. The molecule has 0 spiro atoms. The second-order valence-electron chi connectivity index (χ2n) is 6.55. The Morgan fingerprint density at radius 3 is 2.52 bits per heavy atom. The van der Waals surface area contributed by atoms with Gasteiger partial charge in [0.25, 0.3) is 0 Å². The summed E-state index contributed by atoms with van der Waals surface area (Å²) in [6.45, 7) is -0.232. The molecule has 0 radical (unpaired) electrons. The maximum absolute atomic E-state index is 13.8. The molecule has 0 saturated heterocycles. The highest BCUT2D eigenvalue weighted by atomic mass is 19.3. The first-order valence-corrected chi connectivity index (χ1v) is 8.32. The number of aromatic amines is 1. The number of fused-ring (bicyclic) bond motifs is 1. The number of benzene rings is 1. The molecule has 1 aliphatic carbocycles. The lowest BCUT2D eigenvalue weighted by Gasteiger charge is -2.34. The van der Waals surface area contributed by atoms with Gasteiger partial charge in [0.05, 0.1) is 11.3 Å². The first kappa shape index (κ1) is 18.9. The van der Waals surface area contributed by atoms with Crippen LogP contribution in [0.5, 0.6) is 6.01 Å². The molecule has 1 aliphatic rings. The molecule has 2 heterocycles. The van der Waals surface area contributed by atoms with Crippen LogP contribution < -0.4 is 10.4 Å². The van der Waals surface area contributed by atoms with Crippen LogP contribution in [-0.4, -0.2) is 32.1 Å². The minimum atomic E-state index is -2.92. The van der Waals surface area contributed by atoms with Crippen LogP contribution in [-0.2, 0) is 0 Å². The molecule has 0 atom stereocenters. The lowest BCUT2D eigenvalue weighted by molar-refractivity contribution is -0.0875. The quantitative estimate of drug-likeness (QED) is 0.408. The lowest BCUT2D eigenvalue weighted by atomic mass is 9.77. The van der Waals surface area contributed by atoms with E-state index in [0.717, 1.165) is 4.52 Å². The predicted molar refractivity (Wildman–Crippen MR) is 90.2 cm³/mol. The third kappa shape index (κ3) is 3.20. The number of halogens is 5. The van der Waals surface area contributed by atoms with E-state index < -0.39 is 47.8 Å². The van der Waals surface area contributed by atoms with Crippen molar-refractivity contribution < 1.29 is 26.7 Å². The van der Waals surface area contributed by atoms with Crippen LogP contribution in [0.1, 0.15) is 24.5 Å². The molecule has 1 fully saturated rings. The van der Waals surface area contributed by atoms with Crippen molar-refractivity contribution in [2.75, 3.05) is 6.61 Å². The fourth-order valence-electron chi connectivity index (χ4n) is 3.23. The Morgan fingerprint density at radius 2 is 1.93 bits per heavy atom. The number of rotatable bonds is 4. The number of nitrogens with zero attached hydrogens (tertiary/aromatic N) is 3. The van der Waals surface area contributed by atoms with Gasteiger partial charge in [-0.1, -0.05) is 5.92 Å². The highest BCUT2D eigenvalue weighted by Crippen LogP contribution is 2.50. The van der Waals surface area contributed by atoms with Crippen molar-refractivity contribution in [1.29, 1.82) is 0 Å². The Bertz CT molecular complexity index is 1200. The number of aromatic nitrogens is 4. The number of ether oxygens (including phenoxy) is 1. The Morgan fingerprint density at radius 1 is 1.28 bits per heavy atom. The number of alkyl halides is 2. The zero-order valence-corrected chi connectivity index (χ0v) is 14.5. The molecule has 4 rings (SSSR count). The molecule has 0 bridgehead atoms. The van der Waals surface area contributed by atoms with Gasteiger partial charge >= 0.3 is 11.7 Å². The number of terminal acetylenes is 1. The van der Waals surface area contributed by atoms with Gasteiger partial charge in [0.2, 0.25) is 5.92 Å². The summed E-state index contributed by atoms with van der Waals surface area (Å²) in [5.74, 6) is -6.20. The highest BCUT2D eigenvalue weighted by Gasteiger charge is 2.48. The van der Waals surface area contributed by atoms with Crippen molar-refractivity contribution >= 4 is 5.65 Å². The van der Waals surface area contributed by atoms with Crippen LogP contribution in [0.3, 0.4) is 0 Å². The molecular formula is C18H11F5N4O2. The van der Waals surface area contributed by atoms with E-state index in [1.807, 2.05) is 0 Å². The zero-order chi connectivity index (χ0) is 20.9. The van der Waals surface area contributed by atoms with Crippen molar-refractivity contribution in [3.8, 4) is 29.5 Å². The zero-order valence-electron chi connectivity index (χ0n) is 14.5. The lowest BCUT2D eigenvalue weighted by Crippen LogP contribution is -2.34. The van der Waals surface area contributed by atoms with Crippen LogP contribution in [0.25, 0.3) is 16.8 Å². The summed E-state index contributed by atoms with van der Waals surface area (Å²) in [7, 11) is 0. The summed E-state index contributed by atoms with van der Waals surface area (Å²) < 4.78 is 73.7. The third-order valence-electron chi connectivity index (χ3n) is 4.54. The molecule has 0 amide bonds. The smallest absolute Gasteiger partial charge is 0.352 e. The largest absolute Gasteiger partial charge is 0.451 e. The Kier molecular flexibility index (Phi) is 4.29. The molecule has 0 aliphatic heterocycles. The Hall–Kier alpha value is -3.42. The van der Waals surface area contributed by atoms with Crippen LogP contribution >= 0.6 is 0 Å². The topological polar surface area (TPSA) is 72.3 Å². The Balaban J connectivity index is 1.97. The molecule has 1 N–H and O–H groups in total. The Labute approximate surface area is 159 Å². The van der Waals surface area contributed by atoms with Gasteiger partial charge in [-0.15, -0.1) is 6.42 Å². The van der Waals surface area contributed by atoms with Crippen LogP contribution in [0.2, 0.25) is 0 Å². The third-order valence-corrected chi connectivity index (χ3v) is 4.54. The first-order valence-electron chi connectivity index (χ1n) is 8.32. The maximum Gasteiger partial charge on any atom is 0.352 e. The monoisotopic (exact) mass is 410 g/mol. The average Bonchev–Trinajstić information content (AvgIpc) is 3.01. The van der Waals surface area contributed by atoms with E-state index >= 15 is 0 Å².